The molecule has 31 heavy (non-hydrogen) atoms. The van der Waals surface area contributed by atoms with Crippen molar-refractivity contribution >= 4 is 52.3 Å². The van der Waals surface area contributed by atoms with Crippen molar-refractivity contribution in [1.82, 2.24) is 9.36 Å². The standard InChI is InChI=1S/C17H23N3O9S2/c1-7(21)25-6-11-12(26-8(2)22)13(27-9(3)23)14(28-10(4)24)15(29-11)18-16-19-17(30-5)20-31-16/h11-15H,6H2,1-5H3,(H,18,19,20)/t11-,12-,13+,14-,15+/m1/s1. The minimum Gasteiger partial charge on any atom is -0.463 e. The largest absolute Gasteiger partial charge is 0.463 e. The molecule has 14 heteroatoms. The molecule has 5 atom stereocenters. The molecule has 0 unspecified atom stereocenters. The molecule has 2 rings (SSSR count). The van der Waals surface area contributed by atoms with Crippen LogP contribution >= 0.6 is 23.3 Å². The summed E-state index contributed by atoms with van der Waals surface area (Å²) in [4.78, 5) is 50.8. The molecule has 1 saturated heterocycles. The summed E-state index contributed by atoms with van der Waals surface area (Å²) in [5.41, 5.74) is 0. The van der Waals surface area contributed by atoms with Gasteiger partial charge < -0.3 is 29.0 Å². The number of anilines is 1. The van der Waals surface area contributed by atoms with Crippen LogP contribution in [0.2, 0.25) is 0 Å². The van der Waals surface area contributed by atoms with Crippen LogP contribution in [0.4, 0.5) is 5.13 Å². The lowest BCUT2D eigenvalue weighted by molar-refractivity contribution is -0.247. The van der Waals surface area contributed by atoms with E-state index >= 15 is 0 Å². The van der Waals surface area contributed by atoms with Gasteiger partial charge >= 0.3 is 23.9 Å². The zero-order valence-electron chi connectivity index (χ0n) is 17.5. The number of aromatic nitrogens is 2. The SMILES string of the molecule is CSc1nsc(N[C@H]2O[C@H](COC(C)=O)[C@@H](OC(C)=O)[C@H](OC(C)=O)[C@H]2OC(C)=O)n1. The third kappa shape index (κ3) is 7.33. The zero-order chi connectivity index (χ0) is 23.1. The maximum Gasteiger partial charge on any atom is 0.303 e. The zero-order valence-corrected chi connectivity index (χ0v) is 19.1. The van der Waals surface area contributed by atoms with E-state index in [-0.39, 0.29) is 6.61 Å². The van der Waals surface area contributed by atoms with Crippen LogP contribution in [0.15, 0.2) is 5.16 Å². The minimum atomic E-state index is -1.25. The maximum absolute atomic E-state index is 11.8. The van der Waals surface area contributed by atoms with Gasteiger partial charge in [-0.05, 0) is 6.26 Å². The van der Waals surface area contributed by atoms with Gasteiger partial charge in [0.05, 0.1) is 0 Å². The average Bonchev–Trinajstić information content (AvgIpc) is 3.11. The smallest absolute Gasteiger partial charge is 0.303 e. The quantitative estimate of drug-likeness (QED) is 0.319. The predicted octanol–water partition coefficient (Wildman–Crippen LogP) is 0.755. The van der Waals surface area contributed by atoms with Crippen LogP contribution in [-0.2, 0) is 42.9 Å². The Hall–Kier alpha value is -2.45. The molecular weight excluding hydrogens is 454 g/mol. The number of nitrogens with one attached hydrogen (secondary N) is 1. The van der Waals surface area contributed by atoms with Crippen LogP contribution < -0.4 is 5.32 Å². The number of carbonyl (C=O) groups is 4. The Morgan fingerprint density at radius 3 is 2.06 bits per heavy atom. The van der Waals surface area contributed by atoms with Crippen LogP contribution in [0.5, 0.6) is 0 Å². The first-order valence-electron chi connectivity index (χ1n) is 9.05. The number of hydrogen-bond acceptors (Lipinski definition) is 14. The molecule has 1 aromatic heterocycles. The van der Waals surface area contributed by atoms with Gasteiger partial charge in [0.25, 0.3) is 0 Å². The molecule has 1 aliphatic heterocycles. The van der Waals surface area contributed by atoms with E-state index in [0.29, 0.717) is 10.3 Å². The number of hydrogen-bond donors (Lipinski definition) is 1. The number of nitrogens with zero attached hydrogens (tertiary/aromatic N) is 2. The fourth-order valence-electron chi connectivity index (χ4n) is 2.82. The molecule has 0 aromatic carbocycles. The molecule has 0 radical (unpaired) electrons. The van der Waals surface area contributed by atoms with E-state index < -0.39 is 54.5 Å². The molecular formula is C17H23N3O9S2. The molecule has 12 nitrogen and oxygen atoms in total. The second-order valence-electron chi connectivity index (χ2n) is 6.35. The van der Waals surface area contributed by atoms with E-state index in [2.05, 4.69) is 14.7 Å². The highest BCUT2D eigenvalue weighted by Gasteiger charge is 2.52. The van der Waals surface area contributed by atoms with E-state index in [4.69, 9.17) is 23.7 Å². The molecule has 0 spiro atoms. The first-order chi connectivity index (χ1) is 14.6. The van der Waals surface area contributed by atoms with Crippen molar-refractivity contribution in [1.29, 1.82) is 0 Å². The Bertz CT molecular complexity index is 819. The van der Waals surface area contributed by atoms with Gasteiger partial charge in [0.1, 0.15) is 12.7 Å². The normalized spacial score (nSPS) is 25.3. The number of carbonyl (C=O) groups excluding carboxylic acids is 4. The van der Waals surface area contributed by atoms with Crippen LogP contribution in [0.25, 0.3) is 0 Å². The molecule has 172 valence electrons. The molecule has 1 fully saturated rings. The van der Waals surface area contributed by atoms with E-state index in [0.717, 1.165) is 25.4 Å². The highest BCUT2D eigenvalue weighted by atomic mass is 32.2. The van der Waals surface area contributed by atoms with Gasteiger partial charge in [0, 0.05) is 39.2 Å². The van der Waals surface area contributed by atoms with E-state index in [1.807, 2.05) is 0 Å². The highest BCUT2D eigenvalue weighted by molar-refractivity contribution is 7.98. The first kappa shape index (κ1) is 24.8. The molecule has 0 aliphatic carbocycles. The minimum absolute atomic E-state index is 0.303. The lowest BCUT2D eigenvalue weighted by Gasteiger charge is -2.44. The van der Waals surface area contributed by atoms with Gasteiger partial charge in [-0.15, -0.1) is 0 Å². The summed E-state index contributed by atoms with van der Waals surface area (Å²) in [6, 6.07) is 0. The molecule has 1 aromatic rings. The molecule has 2 heterocycles. The summed E-state index contributed by atoms with van der Waals surface area (Å²) in [5, 5.41) is 3.81. The maximum atomic E-state index is 11.8. The van der Waals surface area contributed by atoms with Gasteiger partial charge in [-0.2, -0.15) is 9.36 Å². The van der Waals surface area contributed by atoms with Crippen molar-refractivity contribution < 1.29 is 42.9 Å². The number of ether oxygens (including phenoxy) is 5. The van der Waals surface area contributed by atoms with E-state index in [9.17, 15) is 19.2 Å². The third-order valence-corrected chi connectivity index (χ3v) is 5.16. The molecule has 1 aliphatic rings. The Labute approximate surface area is 186 Å². The second-order valence-corrected chi connectivity index (χ2v) is 7.88. The summed E-state index contributed by atoms with van der Waals surface area (Å²) in [7, 11) is 0. The average molecular weight is 478 g/mol. The van der Waals surface area contributed by atoms with Crippen molar-refractivity contribution in [3.05, 3.63) is 0 Å². The lowest BCUT2D eigenvalue weighted by Crippen LogP contribution is -2.64. The van der Waals surface area contributed by atoms with Crippen LogP contribution in [0.1, 0.15) is 27.7 Å². The van der Waals surface area contributed by atoms with Crippen LogP contribution in [-0.4, -0.2) is 76.7 Å². The van der Waals surface area contributed by atoms with Gasteiger partial charge in [-0.25, -0.2) is 0 Å². The Morgan fingerprint density at radius 2 is 1.55 bits per heavy atom. The molecule has 0 amide bonds. The van der Waals surface area contributed by atoms with Crippen molar-refractivity contribution in [2.24, 2.45) is 0 Å². The van der Waals surface area contributed by atoms with E-state index in [1.165, 1.54) is 25.6 Å². The Balaban J connectivity index is 2.41. The number of thioether (sulfide) groups is 1. The molecule has 0 saturated carbocycles. The van der Waals surface area contributed by atoms with Crippen molar-refractivity contribution in [3.63, 3.8) is 0 Å². The van der Waals surface area contributed by atoms with Gasteiger partial charge in [-0.1, -0.05) is 11.8 Å². The van der Waals surface area contributed by atoms with Crippen LogP contribution in [0, 0.1) is 0 Å². The fourth-order valence-corrected chi connectivity index (χ4v) is 3.97. The number of esters is 4. The third-order valence-electron chi connectivity index (χ3n) is 3.85. The molecule has 1 N–H and O–H groups in total. The van der Waals surface area contributed by atoms with Gasteiger partial charge in [-0.3, -0.25) is 19.2 Å². The highest BCUT2D eigenvalue weighted by Crippen LogP contribution is 2.31. The van der Waals surface area contributed by atoms with Crippen molar-refractivity contribution in [3.8, 4) is 0 Å². The first-order valence-corrected chi connectivity index (χ1v) is 11.0. The lowest BCUT2D eigenvalue weighted by atomic mass is 9.97. The number of rotatable bonds is 8. The topological polar surface area (TPSA) is 152 Å². The summed E-state index contributed by atoms with van der Waals surface area (Å²) < 4.78 is 31.1. The predicted molar refractivity (Wildman–Crippen MR) is 107 cm³/mol. The summed E-state index contributed by atoms with van der Waals surface area (Å²) in [6.45, 7) is 4.39. The second kappa shape index (κ2) is 11.2. The van der Waals surface area contributed by atoms with Crippen molar-refractivity contribution in [2.75, 3.05) is 18.2 Å². The Morgan fingerprint density at radius 1 is 0.968 bits per heavy atom. The fraction of sp³-hybridized carbons (Fsp3) is 0.647. The Kier molecular flexibility index (Phi) is 9.00. The summed E-state index contributed by atoms with van der Waals surface area (Å²) in [6.07, 6.45) is -3.97. The van der Waals surface area contributed by atoms with Crippen molar-refractivity contribution in [2.45, 2.75) is 63.5 Å². The monoisotopic (exact) mass is 477 g/mol. The van der Waals surface area contributed by atoms with Crippen LogP contribution in [0.3, 0.4) is 0 Å². The van der Waals surface area contributed by atoms with Gasteiger partial charge in [0.15, 0.2) is 24.5 Å². The van der Waals surface area contributed by atoms with Gasteiger partial charge in [0.2, 0.25) is 10.3 Å². The summed E-state index contributed by atoms with van der Waals surface area (Å²) >= 11 is 2.37. The molecule has 0 bridgehead atoms. The van der Waals surface area contributed by atoms with E-state index in [1.54, 1.807) is 6.26 Å². The summed E-state index contributed by atoms with van der Waals surface area (Å²) in [5.74, 6) is -2.67.